The van der Waals surface area contributed by atoms with E-state index in [1.165, 1.54) is 11.1 Å². The third kappa shape index (κ3) is 1.57. The van der Waals surface area contributed by atoms with Gasteiger partial charge in [-0.3, -0.25) is 9.63 Å². The molecular formula is C7H11NO2. The molecule has 0 radical (unpaired) electrons. The van der Waals surface area contributed by atoms with Gasteiger partial charge in [-0.2, -0.15) is 0 Å². The van der Waals surface area contributed by atoms with Gasteiger partial charge >= 0.3 is 0 Å². The molecule has 3 heteroatoms. The molecule has 1 aliphatic rings. The van der Waals surface area contributed by atoms with Gasteiger partial charge in [0.25, 0.3) is 5.91 Å². The molecule has 1 heterocycles. The SMILES string of the molecule is C=CC(=O)N1CCCCO1. The van der Waals surface area contributed by atoms with Crippen LogP contribution in [0.4, 0.5) is 0 Å². The summed E-state index contributed by atoms with van der Waals surface area (Å²) in [6, 6.07) is 0. The van der Waals surface area contributed by atoms with Crippen molar-refractivity contribution >= 4 is 5.91 Å². The largest absolute Gasteiger partial charge is 0.271 e. The Morgan fingerprint density at radius 3 is 2.90 bits per heavy atom. The molecule has 0 aliphatic carbocycles. The summed E-state index contributed by atoms with van der Waals surface area (Å²) in [6.45, 7) is 4.72. The van der Waals surface area contributed by atoms with Gasteiger partial charge in [0, 0.05) is 6.54 Å². The standard InChI is InChI=1S/C7H11NO2/c1-2-7(9)8-5-3-4-6-10-8/h2H,1,3-6H2. The predicted octanol–water partition coefficient (Wildman–Crippen LogP) is 0.726. The number of amides is 1. The van der Waals surface area contributed by atoms with Gasteiger partial charge in [0.1, 0.15) is 0 Å². The summed E-state index contributed by atoms with van der Waals surface area (Å²) in [5, 5.41) is 1.36. The number of carbonyl (C=O) groups is 1. The van der Waals surface area contributed by atoms with E-state index >= 15 is 0 Å². The van der Waals surface area contributed by atoms with Gasteiger partial charge in [-0.1, -0.05) is 6.58 Å². The second-order valence-electron chi connectivity index (χ2n) is 2.18. The van der Waals surface area contributed by atoms with E-state index in [0.29, 0.717) is 13.2 Å². The zero-order valence-electron chi connectivity index (χ0n) is 5.88. The quantitative estimate of drug-likeness (QED) is 0.504. The Bertz CT molecular complexity index is 139. The Morgan fingerprint density at radius 1 is 1.60 bits per heavy atom. The lowest BCUT2D eigenvalue weighted by molar-refractivity contribution is -0.191. The second kappa shape index (κ2) is 3.37. The number of nitrogens with zero attached hydrogens (tertiary/aromatic N) is 1. The Balaban J connectivity index is 2.38. The Morgan fingerprint density at radius 2 is 2.40 bits per heavy atom. The molecule has 1 rings (SSSR count). The summed E-state index contributed by atoms with van der Waals surface area (Å²) in [5.41, 5.74) is 0. The van der Waals surface area contributed by atoms with Crippen molar-refractivity contribution in [1.82, 2.24) is 5.06 Å². The van der Waals surface area contributed by atoms with Crippen LogP contribution in [0.25, 0.3) is 0 Å². The Kier molecular flexibility index (Phi) is 2.45. The van der Waals surface area contributed by atoms with Crippen molar-refractivity contribution in [2.75, 3.05) is 13.2 Å². The van der Waals surface area contributed by atoms with Crippen LogP contribution in [0.2, 0.25) is 0 Å². The molecule has 0 bridgehead atoms. The Hall–Kier alpha value is -0.830. The van der Waals surface area contributed by atoms with Crippen molar-refractivity contribution < 1.29 is 9.63 Å². The first-order chi connectivity index (χ1) is 4.84. The predicted molar refractivity (Wildman–Crippen MR) is 37.1 cm³/mol. The van der Waals surface area contributed by atoms with Crippen molar-refractivity contribution in [3.8, 4) is 0 Å². The summed E-state index contributed by atoms with van der Waals surface area (Å²) in [6.07, 6.45) is 3.34. The van der Waals surface area contributed by atoms with Crippen molar-refractivity contribution in [3.05, 3.63) is 12.7 Å². The monoisotopic (exact) mass is 141 g/mol. The summed E-state index contributed by atoms with van der Waals surface area (Å²) in [5.74, 6) is -0.139. The van der Waals surface area contributed by atoms with E-state index in [1.807, 2.05) is 0 Å². The lowest BCUT2D eigenvalue weighted by Crippen LogP contribution is -2.34. The number of hydrogen-bond donors (Lipinski definition) is 0. The molecule has 0 aromatic heterocycles. The van der Waals surface area contributed by atoms with Crippen LogP contribution in [0.15, 0.2) is 12.7 Å². The Labute approximate surface area is 60.2 Å². The van der Waals surface area contributed by atoms with Crippen LogP contribution in [0.3, 0.4) is 0 Å². The van der Waals surface area contributed by atoms with Gasteiger partial charge in [0.15, 0.2) is 0 Å². The van der Waals surface area contributed by atoms with Gasteiger partial charge in [-0.15, -0.1) is 0 Å². The third-order valence-corrected chi connectivity index (χ3v) is 1.42. The minimum Gasteiger partial charge on any atom is -0.271 e. The lowest BCUT2D eigenvalue weighted by Gasteiger charge is -2.24. The van der Waals surface area contributed by atoms with E-state index < -0.39 is 0 Å². The van der Waals surface area contributed by atoms with E-state index in [4.69, 9.17) is 4.84 Å². The molecule has 0 saturated carbocycles. The minimum atomic E-state index is -0.139. The highest BCUT2D eigenvalue weighted by atomic mass is 16.7. The van der Waals surface area contributed by atoms with Gasteiger partial charge < -0.3 is 0 Å². The highest BCUT2D eigenvalue weighted by Crippen LogP contribution is 2.05. The molecule has 10 heavy (non-hydrogen) atoms. The molecule has 1 amide bonds. The minimum absolute atomic E-state index is 0.139. The first kappa shape index (κ1) is 7.28. The fourth-order valence-electron chi connectivity index (χ4n) is 0.872. The summed E-state index contributed by atoms with van der Waals surface area (Å²) in [4.78, 5) is 15.9. The maximum absolute atomic E-state index is 10.8. The molecule has 0 N–H and O–H groups in total. The first-order valence-electron chi connectivity index (χ1n) is 3.41. The maximum Gasteiger partial charge on any atom is 0.269 e. The maximum atomic E-state index is 10.8. The lowest BCUT2D eigenvalue weighted by atomic mass is 10.3. The molecule has 1 aliphatic heterocycles. The van der Waals surface area contributed by atoms with Crippen molar-refractivity contribution in [3.63, 3.8) is 0 Å². The van der Waals surface area contributed by atoms with Gasteiger partial charge in [0.05, 0.1) is 6.61 Å². The van der Waals surface area contributed by atoms with E-state index in [0.717, 1.165) is 12.8 Å². The van der Waals surface area contributed by atoms with E-state index in [2.05, 4.69) is 6.58 Å². The third-order valence-electron chi connectivity index (χ3n) is 1.42. The van der Waals surface area contributed by atoms with Crippen LogP contribution < -0.4 is 0 Å². The zero-order chi connectivity index (χ0) is 7.40. The van der Waals surface area contributed by atoms with E-state index in [-0.39, 0.29) is 5.91 Å². The molecule has 0 aromatic carbocycles. The molecular weight excluding hydrogens is 130 g/mol. The van der Waals surface area contributed by atoms with E-state index in [1.54, 1.807) is 0 Å². The van der Waals surface area contributed by atoms with Gasteiger partial charge in [-0.25, -0.2) is 5.06 Å². The molecule has 0 atom stereocenters. The number of carbonyl (C=O) groups excluding carboxylic acids is 1. The fourth-order valence-corrected chi connectivity index (χ4v) is 0.872. The summed E-state index contributed by atoms with van der Waals surface area (Å²) in [7, 11) is 0. The van der Waals surface area contributed by atoms with Crippen LogP contribution >= 0.6 is 0 Å². The zero-order valence-corrected chi connectivity index (χ0v) is 5.88. The molecule has 0 unspecified atom stereocenters. The number of hydroxylamine groups is 2. The van der Waals surface area contributed by atoms with Crippen LogP contribution in [0.1, 0.15) is 12.8 Å². The van der Waals surface area contributed by atoms with Gasteiger partial charge in [0.2, 0.25) is 0 Å². The van der Waals surface area contributed by atoms with Gasteiger partial charge in [-0.05, 0) is 18.9 Å². The normalized spacial score (nSPS) is 18.6. The van der Waals surface area contributed by atoms with Crippen molar-refractivity contribution in [2.45, 2.75) is 12.8 Å². The molecule has 1 fully saturated rings. The highest BCUT2D eigenvalue weighted by Gasteiger charge is 2.13. The number of hydrogen-bond acceptors (Lipinski definition) is 2. The smallest absolute Gasteiger partial charge is 0.269 e. The molecule has 3 nitrogen and oxygen atoms in total. The molecule has 1 saturated heterocycles. The number of rotatable bonds is 1. The topological polar surface area (TPSA) is 29.5 Å². The second-order valence-corrected chi connectivity index (χ2v) is 2.18. The van der Waals surface area contributed by atoms with Crippen LogP contribution in [0.5, 0.6) is 0 Å². The average molecular weight is 141 g/mol. The fraction of sp³-hybridized carbons (Fsp3) is 0.571. The first-order valence-corrected chi connectivity index (χ1v) is 3.41. The van der Waals surface area contributed by atoms with Crippen LogP contribution in [-0.2, 0) is 9.63 Å². The summed E-state index contributed by atoms with van der Waals surface area (Å²) < 4.78 is 0. The van der Waals surface area contributed by atoms with Crippen LogP contribution in [0, 0.1) is 0 Å². The average Bonchev–Trinajstić information content (AvgIpc) is 2.05. The van der Waals surface area contributed by atoms with Crippen molar-refractivity contribution in [1.29, 1.82) is 0 Å². The van der Waals surface area contributed by atoms with Crippen LogP contribution in [-0.4, -0.2) is 24.1 Å². The van der Waals surface area contributed by atoms with Crippen molar-refractivity contribution in [2.24, 2.45) is 0 Å². The molecule has 56 valence electrons. The molecule has 0 spiro atoms. The highest BCUT2D eigenvalue weighted by molar-refractivity contribution is 5.86. The van der Waals surface area contributed by atoms with E-state index in [9.17, 15) is 4.79 Å². The summed E-state index contributed by atoms with van der Waals surface area (Å²) >= 11 is 0. The molecule has 0 aromatic rings.